The zero-order chi connectivity index (χ0) is 18.4. The quantitative estimate of drug-likeness (QED) is 0.553. The molecule has 0 saturated heterocycles. The maximum atomic E-state index is 12.2. The minimum Gasteiger partial charge on any atom is -0.366 e. The summed E-state index contributed by atoms with van der Waals surface area (Å²) in [6.45, 7) is 0. The normalized spacial score (nSPS) is 11.0. The molecule has 0 saturated carbocycles. The molecule has 0 aliphatic rings. The Morgan fingerprint density at radius 3 is 2.81 bits per heavy atom. The van der Waals surface area contributed by atoms with E-state index in [1.165, 1.54) is 6.20 Å². The first-order valence-electron chi connectivity index (χ1n) is 7.74. The Hall–Kier alpha value is -3.43. The molecule has 0 unspecified atom stereocenters. The van der Waals surface area contributed by atoms with Crippen molar-refractivity contribution in [3.63, 3.8) is 0 Å². The van der Waals surface area contributed by atoms with Crippen LogP contribution in [0.4, 0.5) is 0 Å². The second kappa shape index (κ2) is 5.83. The van der Waals surface area contributed by atoms with Crippen LogP contribution in [0.15, 0.2) is 42.7 Å². The molecule has 7 heteroatoms. The molecule has 126 valence electrons. The molecule has 4 rings (SSSR count). The van der Waals surface area contributed by atoms with E-state index in [0.29, 0.717) is 32.9 Å². The highest BCUT2D eigenvalue weighted by molar-refractivity contribution is 6.29. The molecule has 26 heavy (non-hydrogen) atoms. The lowest BCUT2D eigenvalue weighted by Gasteiger charge is -2.08. The third-order valence-corrected chi connectivity index (χ3v) is 4.62. The van der Waals surface area contributed by atoms with Gasteiger partial charge < -0.3 is 10.3 Å². The summed E-state index contributed by atoms with van der Waals surface area (Å²) in [6, 6.07) is 11.3. The van der Waals surface area contributed by atoms with Gasteiger partial charge in [-0.25, -0.2) is 4.98 Å². The molecule has 0 bridgehead atoms. The molecule has 3 aromatic heterocycles. The van der Waals surface area contributed by atoms with Gasteiger partial charge in [0.05, 0.1) is 34.1 Å². The van der Waals surface area contributed by atoms with Crippen molar-refractivity contribution >= 4 is 39.3 Å². The number of carbonyl (C=O) groups is 1. The van der Waals surface area contributed by atoms with Gasteiger partial charge in [-0.3, -0.25) is 9.78 Å². The van der Waals surface area contributed by atoms with Crippen LogP contribution < -0.4 is 5.73 Å². The summed E-state index contributed by atoms with van der Waals surface area (Å²) < 4.78 is 1.83. The van der Waals surface area contributed by atoms with Crippen LogP contribution in [0.2, 0.25) is 5.15 Å². The Morgan fingerprint density at radius 2 is 2.08 bits per heavy atom. The molecule has 1 aromatic carbocycles. The van der Waals surface area contributed by atoms with Gasteiger partial charge in [0.15, 0.2) is 0 Å². The number of nitriles is 1. The Balaban J connectivity index is 2.10. The van der Waals surface area contributed by atoms with Crippen LogP contribution in [0.3, 0.4) is 0 Å². The molecule has 3 heterocycles. The number of hydrogen-bond acceptors (Lipinski definition) is 4. The van der Waals surface area contributed by atoms with Crippen LogP contribution in [-0.2, 0) is 7.05 Å². The average Bonchev–Trinajstić information content (AvgIpc) is 2.94. The molecular formula is C19H12ClN5O. The molecule has 0 atom stereocenters. The summed E-state index contributed by atoms with van der Waals surface area (Å²) in [5.41, 5.74) is 9.14. The van der Waals surface area contributed by atoms with E-state index >= 15 is 0 Å². The number of nitrogens with two attached hydrogens (primary N) is 1. The van der Waals surface area contributed by atoms with E-state index in [9.17, 15) is 10.1 Å². The van der Waals surface area contributed by atoms with E-state index in [4.69, 9.17) is 17.3 Å². The fraction of sp³-hybridized carbons (Fsp3) is 0.0526. The van der Waals surface area contributed by atoms with E-state index in [-0.39, 0.29) is 0 Å². The standard InChI is InChI=1S/C19H12ClN5O/c1-25-14-9-23-8-12(7-21)16(14)17(19(22)26)18(25)11-2-4-13-10(6-11)3-5-15(20)24-13/h2-6,8-9H,1H3,(H2,22,26). The van der Waals surface area contributed by atoms with Crippen LogP contribution in [0.5, 0.6) is 0 Å². The predicted molar refractivity (Wildman–Crippen MR) is 99.7 cm³/mol. The molecule has 6 nitrogen and oxygen atoms in total. The maximum Gasteiger partial charge on any atom is 0.251 e. The third-order valence-electron chi connectivity index (χ3n) is 4.41. The summed E-state index contributed by atoms with van der Waals surface area (Å²) >= 11 is 5.94. The summed E-state index contributed by atoms with van der Waals surface area (Å²) in [6.07, 6.45) is 3.05. The van der Waals surface area contributed by atoms with Gasteiger partial charge in [-0.2, -0.15) is 5.26 Å². The zero-order valence-corrected chi connectivity index (χ0v) is 14.4. The minimum absolute atomic E-state index is 0.308. The highest BCUT2D eigenvalue weighted by Gasteiger charge is 2.23. The van der Waals surface area contributed by atoms with Crippen LogP contribution in [-0.4, -0.2) is 20.4 Å². The number of aromatic nitrogens is 3. The first kappa shape index (κ1) is 16.1. The first-order chi connectivity index (χ1) is 12.5. The molecule has 0 radical (unpaired) electrons. The summed E-state index contributed by atoms with van der Waals surface area (Å²) in [5, 5.41) is 11.2. The highest BCUT2D eigenvalue weighted by atomic mass is 35.5. The number of primary amides is 1. The molecule has 0 fully saturated rings. The number of amides is 1. The second-order valence-corrected chi connectivity index (χ2v) is 6.27. The lowest BCUT2D eigenvalue weighted by molar-refractivity contribution is 0.100. The van der Waals surface area contributed by atoms with Crippen molar-refractivity contribution in [3.05, 3.63) is 59.0 Å². The van der Waals surface area contributed by atoms with Gasteiger partial charge in [-0.1, -0.05) is 17.7 Å². The largest absolute Gasteiger partial charge is 0.366 e. The smallest absolute Gasteiger partial charge is 0.251 e. The van der Waals surface area contributed by atoms with Gasteiger partial charge in [0.2, 0.25) is 0 Å². The van der Waals surface area contributed by atoms with Gasteiger partial charge in [0.25, 0.3) is 5.91 Å². The van der Waals surface area contributed by atoms with E-state index in [0.717, 1.165) is 16.5 Å². The number of hydrogen-bond donors (Lipinski definition) is 1. The first-order valence-corrected chi connectivity index (χ1v) is 8.12. The molecule has 4 aromatic rings. The Labute approximate surface area is 153 Å². The number of halogens is 1. The van der Waals surface area contributed by atoms with E-state index in [1.54, 1.807) is 12.3 Å². The van der Waals surface area contributed by atoms with Crippen molar-refractivity contribution < 1.29 is 4.79 Å². The number of benzene rings is 1. The molecule has 0 aliphatic carbocycles. The van der Waals surface area contributed by atoms with E-state index < -0.39 is 5.91 Å². The van der Waals surface area contributed by atoms with Crippen molar-refractivity contribution in [2.24, 2.45) is 12.8 Å². The molecular weight excluding hydrogens is 350 g/mol. The second-order valence-electron chi connectivity index (χ2n) is 5.88. The Morgan fingerprint density at radius 1 is 1.27 bits per heavy atom. The van der Waals surface area contributed by atoms with Crippen molar-refractivity contribution in [2.45, 2.75) is 0 Å². The fourth-order valence-electron chi connectivity index (χ4n) is 3.28. The van der Waals surface area contributed by atoms with Crippen LogP contribution in [0, 0.1) is 11.3 Å². The van der Waals surface area contributed by atoms with Crippen LogP contribution in [0.1, 0.15) is 15.9 Å². The monoisotopic (exact) mass is 361 g/mol. The maximum absolute atomic E-state index is 12.2. The summed E-state index contributed by atoms with van der Waals surface area (Å²) in [5.74, 6) is -0.595. The number of nitrogens with zero attached hydrogens (tertiary/aromatic N) is 4. The van der Waals surface area contributed by atoms with Gasteiger partial charge >= 0.3 is 0 Å². The number of fused-ring (bicyclic) bond motifs is 2. The number of rotatable bonds is 2. The molecule has 0 aliphatic heterocycles. The Bertz CT molecular complexity index is 1250. The minimum atomic E-state index is -0.595. The average molecular weight is 362 g/mol. The predicted octanol–water partition coefficient (Wildman–Crippen LogP) is 3.41. The lowest BCUT2D eigenvalue weighted by atomic mass is 10.0. The summed E-state index contributed by atoms with van der Waals surface area (Å²) in [4.78, 5) is 20.6. The van der Waals surface area contributed by atoms with Gasteiger partial charge in [-0.15, -0.1) is 0 Å². The molecule has 0 spiro atoms. The lowest BCUT2D eigenvalue weighted by Crippen LogP contribution is -2.12. The fourth-order valence-corrected chi connectivity index (χ4v) is 3.44. The van der Waals surface area contributed by atoms with Crippen LogP contribution in [0.25, 0.3) is 33.1 Å². The van der Waals surface area contributed by atoms with Crippen molar-refractivity contribution in [3.8, 4) is 17.3 Å². The SMILES string of the molecule is Cn1c(-c2ccc3nc(Cl)ccc3c2)c(C(N)=O)c2c(C#N)cncc21. The van der Waals surface area contributed by atoms with Crippen molar-refractivity contribution in [1.29, 1.82) is 5.26 Å². The number of carbonyl (C=O) groups excluding carboxylic acids is 1. The van der Waals surface area contributed by atoms with Crippen molar-refractivity contribution in [2.75, 3.05) is 0 Å². The number of aryl methyl sites for hydroxylation is 1. The van der Waals surface area contributed by atoms with Gasteiger partial charge in [0, 0.05) is 24.0 Å². The van der Waals surface area contributed by atoms with E-state index in [2.05, 4.69) is 16.0 Å². The zero-order valence-electron chi connectivity index (χ0n) is 13.7. The van der Waals surface area contributed by atoms with Crippen molar-refractivity contribution in [1.82, 2.24) is 14.5 Å². The van der Waals surface area contributed by atoms with Gasteiger partial charge in [0.1, 0.15) is 11.2 Å². The Kier molecular flexibility index (Phi) is 3.60. The highest BCUT2D eigenvalue weighted by Crippen LogP contribution is 2.35. The van der Waals surface area contributed by atoms with Gasteiger partial charge in [-0.05, 0) is 29.8 Å². The van der Waals surface area contributed by atoms with E-state index in [1.807, 2.05) is 35.9 Å². The third kappa shape index (κ3) is 2.30. The topological polar surface area (TPSA) is 97.6 Å². The molecule has 1 amide bonds. The summed E-state index contributed by atoms with van der Waals surface area (Å²) in [7, 11) is 1.82. The molecule has 2 N–H and O–H groups in total. The number of pyridine rings is 2. The van der Waals surface area contributed by atoms with Crippen LogP contribution >= 0.6 is 11.6 Å².